The summed E-state index contributed by atoms with van der Waals surface area (Å²) < 4.78 is 5.67. The van der Waals surface area contributed by atoms with Gasteiger partial charge in [0, 0.05) is 10.9 Å². The summed E-state index contributed by atoms with van der Waals surface area (Å²) in [6.45, 7) is 2.00. The van der Waals surface area contributed by atoms with Gasteiger partial charge in [0.25, 0.3) is 0 Å². The lowest BCUT2D eigenvalue weighted by atomic mass is 10.1. The maximum Gasteiger partial charge on any atom is 0.312 e. The van der Waals surface area contributed by atoms with Gasteiger partial charge >= 0.3 is 6.03 Å². The molecule has 2 aromatic heterocycles. The first-order chi connectivity index (χ1) is 13.5. The molecule has 7 nitrogen and oxygen atoms in total. The van der Waals surface area contributed by atoms with Gasteiger partial charge in [-0.1, -0.05) is 23.8 Å². The molecule has 0 aliphatic carbocycles. The van der Waals surface area contributed by atoms with Crippen molar-refractivity contribution in [3.05, 3.63) is 70.5 Å². The Hall–Kier alpha value is -3.39. The molecule has 144 valence electrons. The van der Waals surface area contributed by atoms with Crippen molar-refractivity contribution in [2.45, 2.75) is 19.4 Å². The minimum absolute atomic E-state index is 0.0606. The topological polar surface area (TPSA) is 106 Å². The zero-order valence-electron chi connectivity index (χ0n) is 15.2. The van der Waals surface area contributed by atoms with Crippen LogP contribution < -0.4 is 21.1 Å². The van der Waals surface area contributed by atoms with Crippen molar-refractivity contribution in [1.29, 1.82) is 0 Å². The number of hydrogen-bond acceptors (Lipinski definition) is 5. The summed E-state index contributed by atoms with van der Waals surface area (Å²) in [6, 6.07) is 13.6. The van der Waals surface area contributed by atoms with E-state index in [9.17, 15) is 9.59 Å². The largest absolute Gasteiger partial charge is 0.439 e. The van der Waals surface area contributed by atoms with Crippen molar-refractivity contribution in [1.82, 2.24) is 10.3 Å². The standard InChI is InChI=1S/C20H20N4O3S/c1-13-4-7-15(8-5-13)27-19-9-6-14(12-22-19)23-18(25)11-16(24-20(21)26)17-3-2-10-28-17/h2-10,12,16H,11H2,1H3,(H,23,25)(H3,21,24,26). The second-order valence-electron chi connectivity index (χ2n) is 6.13. The summed E-state index contributed by atoms with van der Waals surface area (Å²) in [5.74, 6) is 0.848. The van der Waals surface area contributed by atoms with E-state index in [2.05, 4.69) is 15.6 Å². The fraction of sp³-hybridized carbons (Fsp3) is 0.150. The van der Waals surface area contributed by atoms with Crippen molar-refractivity contribution in [3.8, 4) is 11.6 Å². The Labute approximate surface area is 166 Å². The van der Waals surface area contributed by atoms with Crippen molar-refractivity contribution in [2.24, 2.45) is 5.73 Å². The van der Waals surface area contributed by atoms with E-state index in [-0.39, 0.29) is 12.3 Å². The van der Waals surface area contributed by atoms with Crippen LogP contribution in [-0.4, -0.2) is 16.9 Å². The summed E-state index contributed by atoms with van der Waals surface area (Å²) in [4.78, 5) is 28.6. The average molecular weight is 396 g/mol. The van der Waals surface area contributed by atoms with E-state index in [1.54, 1.807) is 12.1 Å². The molecule has 8 heteroatoms. The SMILES string of the molecule is Cc1ccc(Oc2ccc(NC(=O)CC(NC(N)=O)c3cccs3)cn2)cc1. The van der Waals surface area contributed by atoms with Crippen LogP contribution in [0.15, 0.2) is 60.1 Å². The lowest BCUT2D eigenvalue weighted by Crippen LogP contribution is -2.34. The van der Waals surface area contributed by atoms with Gasteiger partial charge in [-0.25, -0.2) is 9.78 Å². The number of rotatable bonds is 7. The number of thiophene rings is 1. The molecule has 0 saturated carbocycles. The molecule has 0 aliphatic heterocycles. The summed E-state index contributed by atoms with van der Waals surface area (Å²) in [6.07, 6.45) is 1.58. The minimum Gasteiger partial charge on any atom is -0.439 e. The highest BCUT2D eigenvalue weighted by molar-refractivity contribution is 7.10. The normalized spacial score (nSPS) is 11.5. The molecule has 4 N–H and O–H groups in total. The monoisotopic (exact) mass is 396 g/mol. The Kier molecular flexibility index (Phi) is 6.23. The van der Waals surface area contributed by atoms with Gasteiger partial charge in [-0.3, -0.25) is 4.79 Å². The molecule has 3 amide bonds. The van der Waals surface area contributed by atoms with Crippen LogP contribution in [0.5, 0.6) is 11.6 Å². The van der Waals surface area contributed by atoms with Crippen molar-refractivity contribution < 1.29 is 14.3 Å². The summed E-state index contributed by atoms with van der Waals surface area (Å²) >= 11 is 1.45. The van der Waals surface area contributed by atoms with Crippen molar-refractivity contribution in [3.63, 3.8) is 0 Å². The number of benzene rings is 1. The Balaban J connectivity index is 1.58. The lowest BCUT2D eigenvalue weighted by Gasteiger charge is -2.16. The molecule has 1 atom stereocenters. The maximum absolute atomic E-state index is 12.3. The van der Waals surface area contributed by atoms with Gasteiger partial charge in [0.05, 0.1) is 24.3 Å². The molecule has 3 rings (SSSR count). The molecule has 0 spiro atoms. The van der Waals surface area contributed by atoms with Crippen LogP contribution in [0, 0.1) is 6.92 Å². The third-order valence-electron chi connectivity index (χ3n) is 3.86. The number of anilines is 1. The number of urea groups is 1. The van der Waals surface area contributed by atoms with Crippen LogP contribution in [0.4, 0.5) is 10.5 Å². The highest BCUT2D eigenvalue weighted by atomic mass is 32.1. The third-order valence-corrected chi connectivity index (χ3v) is 4.84. The number of amides is 3. The quantitative estimate of drug-likeness (QED) is 0.561. The fourth-order valence-corrected chi connectivity index (χ4v) is 3.30. The first-order valence-electron chi connectivity index (χ1n) is 8.59. The molecule has 2 heterocycles. The first-order valence-corrected chi connectivity index (χ1v) is 9.47. The zero-order chi connectivity index (χ0) is 19.9. The highest BCUT2D eigenvalue weighted by Gasteiger charge is 2.18. The Morgan fingerprint density at radius 2 is 1.96 bits per heavy atom. The Morgan fingerprint density at radius 1 is 1.18 bits per heavy atom. The first kappa shape index (κ1) is 19.4. The molecule has 0 bridgehead atoms. The second-order valence-corrected chi connectivity index (χ2v) is 7.11. The third kappa shape index (κ3) is 5.55. The second kappa shape index (κ2) is 9.01. The van der Waals surface area contributed by atoms with E-state index in [1.807, 2.05) is 48.7 Å². The molecule has 28 heavy (non-hydrogen) atoms. The molecular weight excluding hydrogens is 376 g/mol. The van der Waals surface area contributed by atoms with Gasteiger partial charge in [-0.2, -0.15) is 0 Å². The molecular formula is C20H20N4O3S. The molecule has 0 saturated heterocycles. The molecule has 0 aliphatic rings. The van der Waals surface area contributed by atoms with Gasteiger partial charge in [0.1, 0.15) is 5.75 Å². The van der Waals surface area contributed by atoms with E-state index in [4.69, 9.17) is 10.5 Å². The lowest BCUT2D eigenvalue weighted by molar-refractivity contribution is -0.116. The van der Waals surface area contributed by atoms with Crippen LogP contribution in [-0.2, 0) is 4.79 Å². The number of nitrogens with zero attached hydrogens (tertiary/aromatic N) is 1. The smallest absolute Gasteiger partial charge is 0.312 e. The highest BCUT2D eigenvalue weighted by Crippen LogP contribution is 2.24. The molecule has 3 aromatic rings. The molecule has 1 aromatic carbocycles. The van der Waals surface area contributed by atoms with E-state index in [1.165, 1.54) is 17.5 Å². The molecule has 0 fully saturated rings. The number of aromatic nitrogens is 1. The number of ether oxygens (including phenoxy) is 1. The molecule has 1 unspecified atom stereocenters. The number of carbonyl (C=O) groups excluding carboxylic acids is 2. The minimum atomic E-state index is -0.675. The van der Waals surface area contributed by atoms with Gasteiger partial charge in [-0.15, -0.1) is 11.3 Å². The number of primary amides is 1. The molecule has 0 radical (unpaired) electrons. The predicted octanol–water partition coefficient (Wildman–Crippen LogP) is 3.98. The van der Waals surface area contributed by atoms with Gasteiger partial charge in [0.15, 0.2) is 0 Å². The predicted molar refractivity (Wildman–Crippen MR) is 109 cm³/mol. The maximum atomic E-state index is 12.3. The average Bonchev–Trinajstić information content (AvgIpc) is 3.19. The number of carbonyl (C=O) groups is 2. The Bertz CT molecular complexity index is 925. The van der Waals surface area contributed by atoms with E-state index < -0.39 is 12.1 Å². The zero-order valence-corrected chi connectivity index (χ0v) is 16.0. The van der Waals surface area contributed by atoms with E-state index in [0.717, 1.165) is 10.4 Å². The van der Waals surface area contributed by atoms with Crippen LogP contribution in [0.2, 0.25) is 0 Å². The number of pyridine rings is 1. The number of nitrogens with two attached hydrogens (primary N) is 1. The summed E-state index contributed by atoms with van der Waals surface area (Å²) in [5, 5.41) is 7.23. The van der Waals surface area contributed by atoms with Crippen molar-refractivity contribution in [2.75, 3.05) is 5.32 Å². The Morgan fingerprint density at radius 3 is 2.57 bits per heavy atom. The van der Waals surface area contributed by atoms with E-state index in [0.29, 0.717) is 17.3 Å². The van der Waals surface area contributed by atoms with Gasteiger partial charge in [-0.05, 0) is 36.6 Å². The van der Waals surface area contributed by atoms with Crippen LogP contribution >= 0.6 is 11.3 Å². The number of hydrogen-bond donors (Lipinski definition) is 3. The summed E-state index contributed by atoms with van der Waals surface area (Å²) in [5.41, 5.74) is 6.89. The van der Waals surface area contributed by atoms with Crippen molar-refractivity contribution >= 4 is 29.0 Å². The van der Waals surface area contributed by atoms with Crippen LogP contribution in [0.1, 0.15) is 22.9 Å². The fourth-order valence-electron chi connectivity index (χ4n) is 2.52. The van der Waals surface area contributed by atoms with Gasteiger partial charge < -0.3 is 21.1 Å². The number of aryl methyl sites for hydroxylation is 1. The van der Waals surface area contributed by atoms with Crippen LogP contribution in [0.3, 0.4) is 0 Å². The van der Waals surface area contributed by atoms with E-state index >= 15 is 0 Å². The number of nitrogens with one attached hydrogen (secondary N) is 2. The van der Waals surface area contributed by atoms with Crippen LogP contribution in [0.25, 0.3) is 0 Å². The van der Waals surface area contributed by atoms with Gasteiger partial charge in [0.2, 0.25) is 11.8 Å². The summed E-state index contributed by atoms with van der Waals surface area (Å²) in [7, 11) is 0.